The van der Waals surface area contributed by atoms with Crippen LogP contribution in [0.15, 0.2) is 48.5 Å². The Labute approximate surface area is 147 Å². The topological polar surface area (TPSA) is 35.5 Å². The summed E-state index contributed by atoms with van der Waals surface area (Å²) in [5.41, 5.74) is -1.15. The molecule has 2 rings (SSSR count). The Hall–Kier alpha value is -2.80. The van der Waals surface area contributed by atoms with Crippen molar-refractivity contribution in [2.75, 3.05) is 0 Å². The van der Waals surface area contributed by atoms with Crippen molar-refractivity contribution in [3.63, 3.8) is 0 Å². The second-order valence-corrected chi connectivity index (χ2v) is 6.90. The number of terminal acetylenes is 1. The largest absolute Gasteiger partial charge is 0.457 e. The molecule has 0 saturated carbocycles. The van der Waals surface area contributed by atoms with Crippen LogP contribution < -0.4 is 4.74 Å². The maximum absolute atomic E-state index is 12.9. The molecular weight excluding hydrogens is 319 g/mol. The van der Waals surface area contributed by atoms with Crippen LogP contribution in [0, 0.1) is 23.6 Å². The molecule has 0 radical (unpaired) electrons. The first-order valence-corrected chi connectivity index (χ1v) is 7.89. The third-order valence-corrected chi connectivity index (χ3v) is 3.64. The molecule has 0 bridgehead atoms. The van der Waals surface area contributed by atoms with Crippen LogP contribution >= 0.6 is 0 Å². The van der Waals surface area contributed by atoms with E-state index in [9.17, 15) is 9.18 Å². The van der Waals surface area contributed by atoms with Crippen molar-refractivity contribution >= 4 is 5.97 Å². The van der Waals surface area contributed by atoms with E-state index < -0.39 is 11.0 Å². The van der Waals surface area contributed by atoms with E-state index in [1.165, 1.54) is 12.1 Å². The van der Waals surface area contributed by atoms with E-state index in [0.29, 0.717) is 17.1 Å². The van der Waals surface area contributed by atoms with Gasteiger partial charge in [0.1, 0.15) is 17.3 Å². The van der Waals surface area contributed by atoms with E-state index in [-0.39, 0.29) is 11.8 Å². The molecular formula is C21H21FO3. The Kier molecular flexibility index (Phi) is 5.18. The van der Waals surface area contributed by atoms with Crippen molar-refractivity contribution in [2.24, 2.45) is 5.41 Å². The minimum Gasteiger partial charge on any atom is -0.457 e. The number of esters is 1. The number of carbonyl (C=O) groups is 1. The first kappa shape index (κ1) is 18.5. The average Bonchev–Trinajstić information content (AvgIpc) is 2.56. The fraction of sp³-hybridized carbons (Fsp3) is 0.286. The standard InChI is InChI=1S/C21H21FO3/c1-6-21(5,25-19(23)20(2,3)4)15-7-11-17(12-8-15)24-18-13-9-16(22)10-14-18/h1,7-14H,2-5H3. The maximum Gasteiger partial charge on any atom is 0.313 e. The van der Waals surface area contributed by atoms with Gasteiger partial charge in [-0.3, -0.25) is 4.79 Å². The van der Waals surface area contributed by atoms with Crippen molar-refractivity contribution in [3.05, 3.63) is 59.9 Å². The van der Waals surface area contributed by atoms with Gasteiger partial charge in [-0.25, -0.2) is 4.39 Å². The Bertz CT molecular complexity index is 780. The number of hydrogen-bond donors (Lipinski definition) is 0. The number of benzene rings is 2. The van der Waals surface area contributed by atoms with Crippen LogP contribution in [0.5, 0.6) is 11.5 Å². The zero-order valence-corrected chi connectivity index (χ0v) is 14.8. The smallest absolute Gasteiger partial charge is 0.313 e. The summed E-state index contributed by atoms with van der Waals surface area (Å²) in [6.07, 6.45) is 5.61. The van der Waals surface area contributed by atoms with Gasteiger partial charge >= 0.3 is 5.97 Å². The van der Waals surface area contributed by atoms with E-state index in [1.54, 1.807) is 64.1 Å². The van der Waals surface area contributed by atoms with Crippen LogP contribution in [0.4, 0.5) is 4.39 Å². The minimum atomic E-state index is -1.17. The molecule has 0 amide bonds. The summed E-state index contributed by atoms with van der Waals surface area (Å²) in [5.74, 6) is 2.93. The van der Waals surface area contributed by atoms with Gasteiger partial charge in [-0.1, -0.05) is 18.1 Å². The van der Waals surface area contributed by atoms with Gasteiger partial charge in [-0.2, -0.15) is 0 Å². The Balaban J connectivity index is 2.18. The second-order valence-electron chi connectivity index (χ2n) is 6.90. The highest BCUT2D eigenvalue weighted by molar-refractivity contribution is 5.76. The molecule has 0 spiro atoms. The SMILES string of the molecule is C#CC(C)(OC(=O)C(C)(C)C)c1ccc(Oc2ccc(F)cc2)cc1. The lowest BCUT2D eigenvalue weighted by Gasteiger charge is -2.28. The fourth-order valence-corrected chi connectivity index (χ4v) is 1.99. The molecule has 25 heavy (non-hydrogen) atoms. The maximum atomic E-state index is 12.9. The van der Waals surface area contributed by atoms with E-state index >= 15 is 0 Å². The van der Waals surface area contributed by atoms with Crippen molar-refractivity contribution in [2.45, 2.75) is 33.3 Å². The normalized spacial score (nSPS) is 13.4. The Morgan fingerprint density at radius 1 is 0.960 bits per heavy atom. The van der Waals surface area contributed by atoms with Crippen LogP contribution in [0.25, 0.3) is 0 Å². The summed E-state index contributed by atoms with van der Waals surface area (Å²) >= 11 is 0. The third kappa shape index (κ3) is 4.60. The molecule has 130 valence electrons. The van der Waals surface area contributed by atoms with Crippen molar-refractivity contribution in [3.8, 4) is 23.8 Å². The number of ether oxygens (including phenoxy) is 2. The van der Waals surface area contributed by atoms with E-state index in [0.717, 1.165) is 0 Å². The quantitative estimate of drug-likeness (QED) is 0.577. The predicted molar refractivity (Wildman–Crippen MR) is 94.6 cm³/mol. The number of hydrogen-bond acceptors (Lipinski definition) is 3. The van der Waals surface area contributed by atoms with Crippen molar-refractivity contribution in [1.29, 1.82) is 0 Å². The zero-order valence-electron chi connectivity index (χ0n) is 14.8. The monoisotopic (exact) mass is 340 g/mol. The summed E-state index contributed by atoms with van der Waals surface area (Å²) in [4.78, 5) is 12.2. The van der Waals surface area contributed by atoms with Crippen LogP contribution in [-0.2, 0) is 15.1 Å². The highest BCUT2D eigenvalue weighted by atomic mass is 19.1. The molecule has 0 aliphatic carbocycles. The first-order chi connectivity index (χ1) is 11.6. The molecule has 0 aromatic heterocycles. The van der Waals surface area contributed by atoms with Gasteiger partial charge in [0.05, 0.1) is 5.41 Å². The highest BCUT2D eigenvalue weighted by Crippen LogP contribution is 2.31. The molecule has 1 atom stereocenters. The van der Waals surface area contributed by atoms with Gasteiger partial charge in [0.25, 0.3) is 0 Å². The molecule has 4 heteroatoms. The zero-order chi connectivity index (χ0) is 18.7. The fourth-order valence-electron chi connectivity index (χ4n) is 1.99. The molecule has 3 nitrogen and oxygen atoms in total. The number of rotatable bonds is 4. The highest BCUT2D eigenvalue weighted by Gasteiger charge is 2.34. The van der Waals surface area contributed by atoms with Crippen LogP contribution in [0.3, 0.4) is 0 Å². The van der Waals surface area contributed by atoms with Gasteiger partial charge in [-0.05, 0) is 64.1 Å². The van der Waals surface area contributed by atoms with Crippen molar-refractivity contribution in [1.82, 2.24) is 0 Å². The molecule has 0 aliphatic rings. The van der Waals surface area contributed by atoms with Gasteiger partial charge in [0.15, 0.2) is 5.60 Å². The molecule has 1 unspecified atom stereocenters. The van der Waals surface area contributed by atoms with E-state index in [2.05, 4.69) is 5.92 Å². The first-order valence-electron chi connectivity index (χ1n) is 7.89. The summed E-state index contributed by atoms with van der Waals surface area (Å²) in [6.45, 7) is 6.98. The lowest BCUT2D eigenvalue weighted by Crippen LogP contribution is -2.33. The molecule has 2 aromatic carbocycles. The van der Waals surface area contributed by atoms with Gasteiger partial charge in [-0.15, -0.1) is 6.42 Å². The van der Waals surface area contributed by atoms with E-state index in [4.69, 9.17) is 15.9 Å². The number of carbonyl (C=O) groups excluding carboxylic acids is 1. The van der Waals surface area contributed by atoms with Crippen LogP contribution in [0.2, 0.25) is 0 Å². The molecule has 0 saturated heterocycles. The van der Waals surface area contributed by atoms with Gasteiger partial charge < -0.3 is 9.47 Å². The Morgan fingerprint density at radius 2 is 1.44 bits per heavy atom. The number of halogens is 1. The van der Waals surface area contributed by atoms with Crippen LogP contribution in [0.1, 0.15) is 33.3 Å². The molecule has 0 fully saturated rings. The van der Waals surface area contributed by atoms with Gasteiger partial charge in [0.2, 0.25) is 0 Å². The summed E-state index contributed by atoms with van der Waals surface area (Å²) < 4.78 is 24.1. The summed E-state index contributed by atoms with van der Waals surface area (Å²) in [7, 11) is 0. The summed E-state index contributed by atoms with van der Waals surface area (Å²) in [5, 5.41) is 0. The summed E-state index contributed by atoms with van der Waals surface area (Å²) in [6, 6.07) is 12.7. The van der Waals surface area contributed by atoms with Gasteiger partial charge in [0, 0.05) is 5.56 Å². The molecule has 0 aliphatic heterocycles. The molecule has 2 aromatic rings. The van der Waals surface area contributed by atoms with Crippen molar-refractivity contribution < 1.29 is 18.7 Å². The Morgan fingerprint density at radius 3 is 1.88 bits per heavy atom. The molecule has 0 heterocycles. The minimum absolute atomic E-state index is 0.326. The lowest BCUT2D eigenvalue weighted by atomic mass is 9.93. The lowest BCUT2D eigenvalue weighted by molar-refractivity contribution is -0.163. The predicted octanol–water partition coefficient (Wildman–Crippen LogP) is 5.06. The second kappa shape index (κ2) is 6.98. The van der Waals surface area contributed by atoms with Crippen LogP contribution in [-0.4, -0.2) is 5.97 Å². The average molecular weight is 340 g/mol. The van der Waals surface area contributed by atoms with E-state index in [1.807, 2.05) is 0 Å². The third-order valence-electron chi connectivity index (χ3n) is 3.64. The molecule has 0 N–H and O–H groups in total.